The highest BCUT2D eigenvalue weighted by Gasteiger charge is 2.05. The van der Waals surface area contributed by atoms with E-state index in [4.69, 9.17) is 0 Å². The number of nitrogens with zero attached hydrogens (tertiary/aromatic N) is 1. The molecule has 1 heterocycles. The molecule has 0 aliphatic rings. The molecular formula is C14H15N2. The molecule has 1 atom stereocenters. The Labute approximate surface area is 96.4 Å². The number of hydrogen-bond donors (Lipinski definition) is 1. The minimum atomic E-state index is 0.233. The number of pyridine rings is 1. The maximum absolute atomic E-state index is 4.11. The van der Waals surface area contributed by atoms with Crippen LogP contribution in [-0.4, -0.2) is 4.98 Å². The molecule has 0 bridgehead atoms. The molecule has 0 aliphatic heterocycles. The largest absolute Gasteiger partial charge is 0.378 e. The fourth-order valence-electron chi connectivity index (χ4n) is 1.61. The van der Waals surface area contributed by atoms with E-state index in [1.54, 1.807) is 6.20 Å². The third-order valence-corrected chi connectivity index (χ3v) is 2.57. The molecule has 1 radical (unpaired) electrons. The summed E-state index contributed by atoms with van der Waals surface area (Å²) in [5.41, 5.74) is 3.25. The van der Waals surface area contributed by atoms with Crippen molar-refractivity contribution in [2.75, 3.05) is 5.32 Å². The number of hydrogen-bond acceptors (Lipinski definition) is 2. The molecule has 0 saturated carbocycles. The summed E-state index contributed by atoms with van der Waals surface area (Å²) in [5, 5.41) is 3.42. The summed E-state index contributed by atoms with van der Waals surface area (Å²) in [7, 11) is 0. The van der Waals surface area contributed by atoms with E-state index >= 15 is 0 Å². The van der Waals surface area contributed by atoms with Gasteiger partial charge in [-0.1, -0.05) is 24.3 Å². The maximum Gasteiger partial charge on any atom is 0.0500 e. The maximum atomic E-state index is 4.11. The van der Waals surface area contributed by atoms with Crippen molar-refractivity contribution in [3.63, 3.8) is 0 Å². The van der Waals surface area contributed by atoms with Crippen molar-refractivity contribution in [1.82, 2.24) is 4.98 Å². The molecule has 0 spiro atoms. The van der Waals surface area contributed by atoms with Crippen molar-refractivity contribution in [2.45, 2.75) is 13.0 Å². The van der Waals surface area contributed by atoms with E-state index in [-0.39, 0.29) is 6.04 Å². The van der Waals surface area contributed by atoms with E-state index in [1.807, 2.05) is 36.5 Å². The van der Waals surface area contributed by atoms with Crippen LogP contribution in [0.25, 0.3) is 0 Å². The molecule has 1 N–H and O–H groups in total. The second kappa shape index (κ2) is 4.79. The number of para-hydroxylation sites is 1. The van der Waals surface area contributed by atoms with E-state index in [0.29, 0.717) is 0 Å². The zero-order chi connectivity index (χ0) is 11.4. The van der Waals surface area contributed by atoms with Crippen molar-refractivity contribution < 1.29 is 0 Å². The van der Waals surface area contributed by atoms with Gasteiger partial charge in [-0.2, -0.15) is 0 Å². The summed E-state index contributed by atoms with van der Waals surface area (Å²) in [4.78, 5) is 4.11. The fourth-order valence-corrected chi connectivity index (χ4v) is 1.61. The molecule has 2 nitrogen and oxygen atoms in total. The van der Waals surface area contributed by atoms with Gasteiger partial charge in [-0.15, -0.1) is 0 Å². The Morgan fingerprint density at radius 3 is 2.69 bits per heavy atom. The molecule has 1 aromatic heterocycles. The number of rotatable bonds is 3. The highest BCUT2D eigenvalue weighted by Crippen LogP contribution is 2.20. The summed E-state index contributed by atoms with van der Waals surface area (Å²) in [6.45, 7) is 6.10. The summed E-state index contributed by atoms with van der Waals surface area (Å²) in [5.74, 6) is 0. The first-order valence-electron chi connectivity index (χ1n) is 5.35. The summed E-state index contributed by atoms with van der Waals surface area (Å²) >= 11 is 0. The number of aromatic nitrogens is 1. The first kappa shape index (κ1) is 10.7. The SMILES string of the molecule is [CH2]c1ccccc1N[C@@H](C)c1cccnc1. The fraction of sp³-hybridized carbons (Fsp3) is 0.143. The van der Waals surface area contributed by atoms with Crippen LogP contribution in [0, 0.1) is 6.92 Å². The zero-order valence-electron chi connectivity index (χ0n) is 9.35. The van der Waals surface area contributed by atoms with Gasteiger partial charge in [0.05, 0.1) is 6.04 Å². The monoisotopic (exact) mass is 211 g/mol. The van der Waals surface area contributed by atoms with Crippen LogP contribution in [0.1, 0.15) is 24.1 Å². The second-order valence-corrected chi connectivity index (χ2v) is 3.81. The molecule has 0 fully saturated rings. The van der Waals surface area contributed by atoms with E-state index in [0.717, 1.165) is 11.3 Å². The van der Waals surface area contributed by atoms with Crippen molar-refractivity contribution in [3.05, 3.63) is 66.8 Å². The molecule has 2 heteroatoms. The van der Waals surface area contributed by atoms with Gasteiger partial charge >= 0.3 is 0 Å². The summed E-state index contributed by atoms with van der Waals surface area (Å²) in [6, 6.07) is 12.3. The molecule has 0 saturated heterocycles. The van der Waals surface area contributed by atoms with Crippen LogP contribution >= 0.6 is 0 Å². The van der Waals surface area contributed by atoms with Gasteiger partial charge in [0, 0.05) is 18.1 Å². The third kappa shape index (κ3) is 2.40. The lowest BCUT2D eigenvalue weighted by atomic mass is 10.1. The second-order valence-electron chi connectivity index (χ2n) is 3.81. The lowest BCUT2D eigenvalue weighted by molar-refractivity contribution is 0.875. The quantitative estimate of drug-likeness (QED) is 0.841. The zero-order valence-corrected chi connectivity index (χ0v) is 9.35. The van der Waals surface area contributed by atoms with Gasteiger partial charge in [-0.3, -0.25) is 4.98 Å². The highest BCUT2D eigenvalue weighted by atomic mass is 14.9. The van der Waals surface area contributed by atoms with Gasteiger partial charge in [0.2, 0.25) is 0 Å². The first-order chi connectivity index (χ1) is 7.77. The van der Waals surface area contributed by atoms with Crippen LogP contribution in [0.4, 0.5) is 5.69 Å². The first-order valence-corrected chi connectivity index (χ1v) is 5.35. The van der Waals surface area contributed by atoms with E-state index in [2.05, 4.69) is 30.2 Å². The number of benzene rings is 1. The Balaban J connectivity index is 2.14. The molecule has 2 rings (SSSR count). The Morgan fingerprint density at radius 1 is 1.19 bits per heavy atom. The van der Waals surface area contributed by atoms with Gasteiger partial charge < -0.3 is 5.32 Å². The van der Waals surface area contributed by atoms with Gasteiger partial charge in [0.15, 0.2) is 0 Å². The Hall–Kier alpha value is -1.83. The number of nitrogens with one attached hydrogen (secondary N) is 1. The average Bonchev–Trinajstić information content (AvgIpc) is 2.33. The Bertz CT molecular complexity index is 451. The van der Waals surface area contributed by atoms with Gasteiger partial charge in [-0.25, -0.2) is 0 Å². The van der Waals surface area contributed by atoms with Crippen molar-refractivity contribution in [3.8, 4) is 0 Å². The topological polar surface area (TPSA) is 24.9 Å². The van der Waals surface area contributed by atoms with Crippen LogP contribution < -0.4 is 5.32 Å². The van der Waals surface area contributed by atoms with Crippen molar-refractivity contribution >= 4 is 5.69 Å². The van der Waals surface area contributed by atoms with E-state index in [1.165, 1.54) is 5.56 Å². The van der Waals surface area contributed by atoms with Crippen LogP contribution in [0.15, 0.2) is 48.8 Å². The van der Waals surface area contributed by atoms with Crippen LogP contribution in [-0.2, 0) is 0 Å². The van der Waals surface area contributed by atoms with Crippen molar-refractivity contribution in [1.29, 1.82) is 0 Å². The standard InChI is InChI=1S/C14H15N2/c1-11-6-3-4-8-14(11)16-12(2)13-7-5-9-15-10-13/h3-10,12,16H,1H2,2H3/t12-/m0/s1. The predicted octanol–water partition coefficient (Wildman–Crippen LogP) is 3.44. The highest BCUT2D eigenvalue weighted by molar-refractivity contribution is 5.53. The van der Waals surface area contributed by atoms with Crippen molar-refractivity contribution in [2.24, 2.45) is 0 Å². The summed E-state index contributed by atoms with van der Waals surface area (Å²) in [6.07, 6.45) is 3.66. The number of anilines is 1. The van der Waals surface area contributed by atoms with Gasteiger partial charge in [0.25, 0.3) is 0 Å². The Kier molecular flexibility index (Phi) is 3.20. The van der Waals surface area contributed by atoms with Gasteiger partial charge in [-0.05, 0) is 37.1 Å². The van der Waals surface area contributed by atoms with E-state index in [9.17, 15) is 0 Å². The third-order valence-electron chi connectivity index (χ3n) is 2.57. The molecule has 0 aliphatic carbocycles. The van der Waals surface area contributed by atoms with Crippen LogP contribution in [0.2, 0.25) is 0 Å². The van der Waals surface area contributed by atoms with Crippen LogP contribution in [0.3, 0.4) is 0 Å². The Morgan fingerprint density at radius 2 is 2.00 bits per heavy atom. The molecule has 0 unspecified atom stereocenters. The minimum Gasteiger partial charge on any atom is -0.378 e. The average molecular weight is 211 g/mol. The lowest BCUT2D eigenvalue weighted by Crippen LogP contribution is -2.07. The summed E-state index contributed by atoms with van der Waals surface area (Å²) < 4.78 is 0. The molecular weight excluding hydrogens is 196 g/mol. The predicted molar refractivity (Wildman–Crippen MR) is 67.2 cm³/mol. The minimum absolute atomic E-state index is 0.233. The molecule has 16 heavy (non-hydrogen) atoms. The lowest BCUT2D eigenvalue weighted by Gasteiger charge is -2.16. The molecule has 1 aromatic carbocycles. The van der Waals surface area contributed by atoms with Gasteiger partial charge in [0.1, 0.15) is 0 Å². The van der Waals surface area contributed by atoms with Crippen LogP contribution in [0.5, 0.6) is 0 Å². The molecule has 81 valence electrons. The molecule has 0 amide bonds. The van der Waals surface area contributed by atoms with E-state index < -0.39 is 0 Å². The smallest absolute Gasteiger partial charge is 0.0500 e. The normalized spacial score (nSPS) is 12.1. The molecule has 2 aromatic rings.